The van der Waals surface area contributed by atoms with Gasteiger partial charge in [0.25, 0.3) is 0 Å². The van der Waals surface area contributed by atoms with Crippen molar-refractivity contribution in [1.82, 2.24) is 4.98 Å². The molecule has 4 nitrogen and oxygen atoms in total. The summed E-state index contributed by atoms with van der Waals surface area (Å²) in [7, 11) is -2.67. The fourth-order valence-electron chi connectivity index (χ4n) is 1.16. The Hall–Kier alpha value is -1.15. The molecule has 1 rings (SSSR count). The molecule has 0 radical (unpaired) electrons. The quantitative estimate of drug-likeness (QED) is 0.659. The molecule has 96 valence electrons. The second-order valence-electron chi connectivity index (χ2n) is 3.58. The number of alkyl halides is 3. The number of nitrogens with zero attached hydrogens (tertiary/aromatic N) is 2. The molecule has 0 fully saturated rings. The van der Waals surface area contributed by atoms with Crippen molar-refractivity contribution in [2.24, 2.45) is 10.3 Å². The Kier molecular flexibility index (Phi) is 3.78. The van der Waals surface area contributed by atoms with Crippen LogP contribution in [0.1, 0.15) is 23.4 Å². The van der Waals surface area contributed by atoms with Gasteiger partial charge in [-0.1, -0.05) is 6.07 Å². The third kappa shape index (κ3) is 3.16. The molecule has 0 aliphatic heterocycles. The van der Waals surface area contributed by atoms with Crippen LogP contribution in [0.3, 0.4) is 0 Å². The zero-order valence-corrected chi connectivity index (χ0v) is 10.0. The van der Waals surface area contributed by atoms with Crippen molar-refractivity contribution < 1.29 is 17.4 Å². The van der Waals surface area contributed by atoms with Crippen LogP contribution < -0.4 is 5.84 Å². The minimum absolute atomic E-state index is 0.403. The van der Waals surface area contributed by atoms with Crippen LogP contribution in [0.15, 0.2) is 22.8 Å². The van der Waals surface area contributed by atoms with Crippen molar-refractivity contribution in [3.05, 3.63) is 29.6 Å². The van der Waals surface area contributed by atoms with Crippen molar-refractivity contribution >= 4 is 9.73 Å². The maximum absolute atomic E-state index is 12.3. The molecule has 17 heavy (non-hydrogen) atoms. The van der Waals surface area contributed by atoms with E-state index in [1.54, 1.807) is 6.92 Å². The maximum atomic E-state index is 12.3. The Morgan fingerprint density at radius 2 is 2.06 bits per heavy atom. The van der Waals surface area contributed by atoms with Gasteiger partial charge in [0.05, 0.1) is 15.0 Å². The van der Waals surface area contributed by atoms with E-state index in [1.807, 2.05) is 0 Å². The monoisotopic (exact) mass is 267 g/mol. The summed E-state index contributed by atoms with van der Waals surface area (Å²) in [6.07, 6.45) is -2.09. The van der Waals surface area contributed by atoms with Gasteiger partial charge in [0.1, 0.15) is 5.69 Å². The molecule has 0 saturated heterocycles. The molecule has 0 aromatic carbocycles. The molecule has 1 heterocycles. The molecule has 0 amide bonds. The molecule has 0 bridgehead atoms. The van der Waals surface area contributed by atoms with E-state index in [9.17, 15) is 17.4 Å². The Balaban J connectivity index is 3.09. The Morgan fingerprint density at radius 3 is 2.41 bits per heavy atom. The van der Waals surface area contributed by atoms with E-state index in [2.05, 4.69) is 9.46 Å². The van der Waals surface area contributed by atoms with E-state index in [-0.39, 0.29) is 0 Å². The maximum Gasteiger partial charge on any atom is 0.433 e. The van der Waals surface area contributed by atoms with Crippen molar-refractivity contribution in [3.63, 3.8) is 0 Å². The van der Waals surface area contributed by atoms with Gasteiger partial charge >= 0.3 is 6.18 Å². The van der Waals surface area contributed by atoms with E-state index >= 15 is 0 Å². The minimum atomic E-state index is -4.48. The third-order valence-electron chi connectivity index (χ3n) is 2.41. The second kappa shape index (κ2) is 4.61. The number of rotatable bonds is 2. The number of hydrogen-bond acceptors (Lipinski definition) is 3. The van der Waals surface area contributed by atoms with Crippen LogP contribution >= 0.6 is 0 Å². The van der Waals surface area contributed by atoms with Gasteiger partial charge in [-0.2, -0.15) is 17.6 Å². The molecule has 1 aromatic rings. The molecular formula is C9H12F3N3OS. The van der Waals surface area contributed by atoms with Gasteiger partial charge in [-0.15, -0.1) is 0 Å². The summed E-state index contributed by atoms with van der Waals surface area (Å²) in [5.41, 5.74) is -0.583. The van der Waals surface area contributed by atoms with Crippen LogP contribution in [-0.2, 0) is 15.9 Å². The minimum Gasteiger partial charge on any atom is -0.251 e. The number of hydrogen-bond donors (Lipinski definition) is 1. The van der Waals surface area contributed by atoms with Gasteiger partial charge in [0, 0.05) is 12.5 Å². The Labute approximate surface area is 97.2 Å². The Bertz CT molecular complexity index is 503. The third-order valence-corrected chi connectivity index (χ3v) is 4.41. The lowest BCUT2D eigenvalue weighted by Gasteiger charge is -2.13. The highest BCUT2D eigenvalue weighted by Gasteiger charge is 2.32. The average molecular weight is 267 g/mol. The lowest BCUT2D eigenvalue weighted by atomic mass is 10.2. The van der Waals surface area contributed by atoms with Crippen LogP contribution in [0.2, 0.25) is 0 Å². The highest BCUT2D eigenvalue weighted by atomic mass is 32.2. The van der Waals surface area contributed by atoms with Gasteiger partial charge < -0.3 is 0 Å². The van der Waals surface area contributed by atoms with Gasteiger partial charge in [0.15, 0.2) is 0 Å². The van der Waals surface area contributed by atoms with Gasteiger partial charge in [-0.25, -0.2) is 10.1 Å². The predicted molar refractivity (Wildman–Crippen MR) is 58.3 cm³/mol. The molecule has 1 unspecified atom stereocenters. The molecule has 0 spiro atoms. The number of halogens is 3. The first-order valence-electron chi connectivity index (χ1n) is 4.62. The first-order valence-corrected chi connectivity index (χ1v) is 6.60. The standard InChI is InChI=1S/C9H12F3N3OS/c1-6(17(2,16)15-13)7-3-4-8(14-5-7)9(10,11)12/h3-6H,13H2,1-2H3/t6-,17?/m1/s1. The highest BCUT2D eigenvalue weighted by Crippen LogP contribution is 2.29. The number of nitrogens with two attached hydrogens (primary N) is 1. The summed E-state index contributed by atoms with van der Waals surface area (Å²) >= 11 is 0. The molecule has 1 aromatic heterocycles. The van der Waals surface area contributed by atoms with Crippen molar-refractivity contribution in [2.75, 3.05) is 6.26 Å². The van der Waals surface area contributed by atoms with E-state index in [0.717, 1.165) is 12.3 Å². The van der Waals surface area contributed by atoms with E-state index in [0.29, 0.717) is 5.56 Å². The zero-order valence-electron chi connectivity index (χ0n) is 9.23. The van der Waals surface area contributed by atoms with E-state index in [4.69, 9.17) is 5.84 Å². The molecular weight excluding hydrogens is 255 g/mol. The Morgan fingerprint density at radius 1 is 1.47 bits per heavy atom. The molecule has 0 aliphatic carbocycles. The van der Waals surface area contributed by atoms with Crippen LogP contribution in [0.4, 0.5) is 13.2 Å². The normalized spacial score (nSPS) is 17.3. The fourth-order valence-corrected chi connectivity index (χ4v) is 1.98. The van der Waals surface area contributed by atoms with Crippen LogP contribution in [0.5, 0.6) is 0 Å². The van der Waals surface area contributed by atoms with Gasteiger partial charge in [-0.3, -0.25) is 4.98 Å². The second-order valence-corrected chi connectivity index (χ2v) is 6.22. The van der Waals surface area contributed by atoms with Gasteiger partial charge in [0.2, 0.25) is 0 Å². The van der Waals surface area contributed by atoms with Crippen LogP contribution in [0.25, 0.3) is 0 Å². The highest BCUT2D eigenvalue weighted by molar-refractivity contribution is 7.93. The predicted octanol–water partition coefficient (Wildman–Crippen LogP) is 2.13. The van der Waals surface area contributed by atoms with Crippen molar-refractivity contribution in [1.29, 1.82) is 0 Å². The average Bonchev–Trinajstić information content (AvgIpc) is 2.27. The summed E-state index contributed by atoms with van der Waals surface area (Å²) in [4.78, 5) is 3.29. The molecule has 2 atom stereocenters. The fraction of sp³-hybridized carbons (Fsp3) is 0.444. The van der Waals surface area contributed by atoms with E-state index in [1.165, 1.54) is 12.3 Å². The molecule has 2 N–H and O–H groups in total. The lowest BCUT2D eigenvalue weighted by Crippen LogP contribution is -2.12. The van der Waals surface area contributed by atoms with Gasteiger partial charge in [-0.05, 0) is 18.6 Å². The molecule has 0 saturated carbocycles. The van der Waals surface area contributed by atoms with E-state index < -0.39 is 26.8 Å². The molecule has 0 aliphatic rings. The smallest absolute Gasteiger partial charge is 0.251 e. The van der Waals surface area contributed by atoms with Crippen molar-refractivity contribution in [3.8, 4) is 0 Å². The SMILES string of the molecule is C[C@H](c1ccc(C(F)(F)F)nc1)S(C)(=O)=NN. The number of aromatic nitrogens is 1. The first-order chi connectivity index (χ1) is 7.68. The van der Waals surface area contributed by atoms with Crippen LogP contribution in [-0.4, -0.2) is 15.4 Å². The number of pyridine rings is 1. The lowest BCUT2D eigenvalue weighted by molar-refractivity contribution is -0.141. The summed E-state index contributed by atoms with van der Waals surface area (Å²) in [6.45, 7) is 1.57. The summed E-state index contributed by atoms with van der Waals surface area (Å²) in [5, 5.41) is -0.581. The zero-order chi connectivity index (χ0) is 13.3. The van der Waals surface area contributed by atoms with Crippen LogP contribution in [0, 0.1) is 0 Å². The van der Waals surface area contributed by atoms with Crippen molar-refractivity contribution in [2.45, 2.75) is 18.3 Å². The summed E-state index contributed by atoms with van der Waals surface area (Å²) in [5.74, 6) is 4.99. The molecule has 8 heteroatoms. The first kappa shape index (κ1) is 13.9. The summed E-state index contributed by atoms with van der Waals surface area (Å²) in [6, 6.07) is 2.08. The topological polar surface area (TPSA) is 68.3 Å². The summed E-state index contributed by atoms with van der Waals surface area (Å²) < 4.78 is 51.8. The largest absolute Gasteiger partial charge is 0.433 e.